The predicted molar refractivity (Wildman–Crippen MR) is 84.7 cm³/mol. The maximum absolute atomic E-state index is 11.8. The molecule has 1 aromatic rings. The van der Waals surface area contributed by atoms with Crippen molar-refractivity contribution < 1.29 is 24.5 Å². The molecule has 23 heavy (non-hydrogen) atoms. The summed E-state index contributed by atoms with van der Waals surface area (Å²) >= 11 is 0. The van der Waals surface area contributed by atoms with E-state index in [4.69, 9.17) is 9.47 Å². The van der Waals surface area contributed by atoms with Crippen molar-refractivity contribution in [3.8, 4) is 0 Å². The van der Waals surface area contributed by atoms with E-state index in [1.807, 2.05) is 37.3 Å². The maximum Gasteiger partial charge on any atom is 0.220 e. The van der Waals surface area contributed by atoms with Gasteiger partial charge in [-0.15, -0.1) is 0 Å². The van der Waals surface area contributed by atoms with Gasteiger partial charge in [0.15, 0.2) is 0 Å². The maximum atomic E-state index is 11.8. The van der Waals surface area contributed by atoms with Crippen LogP contribution in [0.2, 0.25) is 0 Å². The number of aliphatic hydroxyl groups excluding tert-OH is 2. The average molecular weight is 323 g/mol. The highest BCUT2D eigenvalue weighted by atomic mass is 16.5. The van der Waals surface area contributed by atoms with Crippen molar-refractivity contribution in [1.29, 1.82) is 0 Å². The number of benzene rings is 1. The van der Waals surface area contributed by atoms with Crippen LogP contribution in [0.3, 0.4) is 0 Å². The molecule has 0 aliphatic carbocycles. The molecule has 0 unspecified atom stereocenters. The van der Waals surface area contributed by atoms with Crippen molar-refractivity contribution in [2.24, 2.45) is 0 Å². The van der Waals surface area contributed by atoms with Gasteiger partial charge in [-0.25, -0.2) is 0 Å². The minimum atomic E-state index is -0.996. The lowest BCUT2D eigenvalue weighted by Crippen LogP contribution is -2.60. The van der Waals surface area contributed by atoms with Gasteiger partial charge in [0.2, 0.25) is 5.91 Å². The number of carbonyl (C=O) groups excluding carboxylic acids is 1. The first-order valence-electron chi connectivity index (χ1n) is 8.01. The van der Waals surface area contributed by atoms with Crippen molar-refractivity contribution in [2.75, 3.05) is 13.2 Å². The summed E-state index contributed by atoms with van der Waals surface area (Å²) in [6, 6.07) is 9.17. The first-order chi connectivity index (χ1) is 11.2. The van der Waals surface area contributed by atoms with E-state index in [1.165, 1.54) is 0 Å². The third-order valence-corrected chi connectivity index (χ3v) is 3.89. The minimum absolute atomic E-state index is 0.0935. The molecule has 3 N–H and O–H groups in total. The van der Waals surface area contributed by atoms with E-state index in [1.54, 1.807) is 0 Å². The highest BCUT2D eigenvalue weighted by Crippen LogP contribution is 2.20. The summed E-state index contributed by atoms with van der Waals surface area (Å²) in [4.78, 5) is 11.8. The van der Waals surface area contributed by atoms with Gasteiger partial charge in [0.25, 0.3) is 0 Å². The van der Waals surface area contributed by atoms with E-state index in [2.05, 4.69) is 5.32 Å². The van der Waals surface area contributed by atoms with E-state index < -0.39 is 24.4 Å². The summed E-state index contributed by atoms with van der Waals surface area (Å²) in [7, 11) is 0. The second kappa shape index (κ2) is 8.98. The second-order valence-corrected chi connectivity index (χ2v) is 5.73. The molecule has 4 atom stereocenters. The number of amides is 1. The van der Waals surface area contributed by atoms with E-state index in [9.17, 15) is 15.0 Å². The van der Waals surface area contributed by atoms with Gasteiger partial charge in [0.05, 0.1) is 25.9 Å². The number of ether oxygens (including phenoxy) is 2. The van der Waals surface area contributed by atoms with E-state index in [-0.39, 0.29) is 19.1 Å². The summed E-state index contributed by atoms with van der Waals surface area (Å²) in [5.74, 6) is -0.0935. The number of nitrogens with one attached hydrogen (secondary N) is 1. The van der Waals surface area contributed by atoms with Crippen molar-refractivity contribution in [3.63, 3.8) is 0 Å². The zero-order valence-corrected chi connectivity index (χ0v) is 13.4. The molecule has 1 saturated heterocycles. The van der Waals surface area contributed by atoms with Crippen LogP contribution in [-0.2, 0) is 20.9 Å². The minimum Gasteiger partial charge on any atom is -0.394 e. The Morgan fingerprint density at radius 2 is 2.13 bits per heavy atom. The van der Waals surface area contributed by atoms with Crippen LogP contribution in [-0.4, -0.2) is 53.7 Å². The zero-order valence-electron chi connectivity index (χ0n) is 13.4. The van der Waals surface area contributed by atoms with Gasteiger partial charge >= 0.3 is 0 Å². The molecule has 6 nitrogen and oxygen atoms in total. The molecule has 1 aliphatic heterocycles. The van der Waals surface area contributed by atoms with Gasteiger partial charge in [-0.05, 0) is 12.0 Å². The van der Waals surface area contributed by atoms with E-state index in [0.29, 0.717) is 13.0 Å². The molecular weight excluding hydrogens is 298 g/mol. The van der Waals surface area contributed by atoms with Gasteiger partial charge in [-0.1, -0.05) is 37.3 Å². The molecule has 2 rings (SSSR count). The van der Waals surface area contributed by atoms with Crippen LogP contribution in [0.4, 0.5) is 0 Å². The molecule has 0 aromatic heterocycles. The van der Waals surface area contributed by atoms with Crippen LogP contribution >= 0.6 is 0 Å². The number of aliphatic hydroxyl groups is 2. The monoisotopic (exact) mass is 323 g/mol. The first-order valence-corrected chi connectivity index (χ1v) is 8.01. The van der Waals surface area contributed by atoms with Gasteiger partial charge in [0.1, 0.15) is 18.3 Å². The Balaban J connectivity index is 2.01. The highest BCUT2D eigenvalue weighted by molar-refractivity contribution is 5.76. The fourth-order valence-corrected chi connectivity index (χ4v) is 2.64. The summed E-state index contributed by atoms with van der Waals surface area (Å²) in [6.45, 7) is 2.16. The summed E-state index contributed by atoms with van der Waals surface area (Å²) in [5, 5.41) is 22.5. The Bertz CT molecular complexity index is 481. The van der Waals surface area contributed by atoms with Crippen LogP contribution in [0.25, 0.3) is 0 Å². The molecular formula is C17H25NO5. The lowest BCUT2D eigenvalue weighted by Gasteiger charge is -2.39. The van der Waals surface area contributed by atoms with Crippen molar-refractivity contribution in [3.05, 3.63) is 35.9 Å². The molecule has 6 heteroatoms. The van der Waals surface area contributed by atoms with Crippen molar-refractivity contribution >= 4 is 5.91 Å². The van der Waals surface area contributed by atoms with E-state index in [0.717, 1.165) is 12.0 Å². The Morgan fingerprint density at radius 3 is 2.78 bits per heavy atom. The summed E-state index contributed by atoms with van der Waals surface area (Å²) in [6.07, 6.45) is -1.15. The Morgan fingerprint density at radius 1 is 1.39 bits per heavy atom. The number of carbonyl (C=O) groups is 1. The molecule has 1 heterocycles. The van der Waals surface area contributed by atoms with Crippen LogP contribution in [0.1, 0.15) is 25.3 Å². The van der Waals surface area contributed by atoms with Crippen LogP contribution < -0.4 is 5.32 Å². The molecule has 0 spiro atoms. The molecule has 1 aliphatic rings. The molecule has 1 amide bonds. The van der Waals surface area contributed by atoms with Gasteiger partial charge in [-0.2, -0.15) is 0 Å². The fourth-order valence-electron chi connectivity index (χ4n) is 2.64. The molecule has 0 saturated carbocycles. The second-order valence-electron chi connectivity index (χ2n) is 5.73. The number of rotatable bonds is 7. The Kier molecular flexibility index (Phi) is 6.98. The Labute approximate surface area is 136 Å². The highest BCUT2D eigenvalue weighted by Gasteiger charge is 2.40. The quantitative estimate of drug-likeness (QED) is 0.684. The number of hydrogen-bond acceptors (Lipinski definition) is 5. The third-order valence-electron chi connectivity index (χ3n) is 3.89. The van der Waals surface area contributed by atoms with Crippen LogP contribution in [0.15, 0.2) is 30.3 Å². The lowest BCUT2D eigenvalue weighted by atomic mass is 9.97. The lowest BCUT2D eigenvalue weighted by molar-refractivity contribution is -0.183. The Hall–Kier alpha value is -1.47. The topological polar surface area (TPSA) is 88.0 Å². The summed E-state index contributed by atoms with van der Waals surface area (Å²) in [5.41, 5.74) is 0.977. The summed E-state index contributed by atoms with van der Waals surface area (Å²) < 4.78 is 11.3. The smallest absolute Gasteiger partial charge is 0.220 e. The standard InChI is InChI=1S/C17H25NO5/c1-2-6-15(20)18-13-11-22-14(9-19)16(21)17(13)23-10-12-7-4-3-5-8-12/h3-5,7-8,13-14,16-17,19,21H,2,6,9-11H2,1H3,(H,18,20)/t13-,14+,16+,17+/m0/s1. The van der Waals surface area contributed by atoms with Gasteiger partial charge in [-0.3, -0.25) is 4.79 Å². The third kappa shape index (κ3) is 5.00. The largest absolute Gasteiger partial charge is 0.394 e. The van der Waals surface area contributed by atoms with Crippen LogP contribution in [0, 0.1) is 0 Å². The van der Waals surface area contributed by atoms with E-state index >= 15 is 0 Å². The first kappa shape index (κ1) is 17.9. The SMILES string of the molecule is CCCC(=O)N[C@H]1CO[C@H](CO)[C@@H](O)[C@@H]1OCc1ccccc1. The van der Waals surface area contributed by atoms with Crippen molar-refractivity contribution in [1.82, 2.24) is 5.32 Å². The van der Waals surface area contributed by atoms with Crippen LogP contribution in [0.5, 0.6) is 0 Å². The average Bonchev–Trinajstić information content (AvgIpc) is 2.56. The molecule has 0 radical (unpaired) electrons. The van der Waals surface area contributed by atoms with Crippen molar-refractivity contribution in [2.45, 2.75) is 50.7 Å². The number of hydrogen-bond donors (Lipinski definition) is 3. The van der Waals surface area contributed by atoms with Gasteiger partial charge < -0.3 is 25.0 Å². The predicted octanol–water partition coefficient (Wildman–Crippen LogP) is 0.609. The molecule has 128 valence electrons. The molecule has 1 aromatic carbocycles. The normalized spacial score (nSPS) is 27.6. The molecule has 1 fully saturated rings. The van der Waals surface area contributed by atoms with Gasteiger partial charge in [0, 0.05) is 6.42 Å². The molecule has 0 bridgehead atoms. The fraction of sp³-hybridized carbons (Fsp3) is 0.588. The zero-order chi connectivity index (χ0) is 16.7.